The first-order valence-electron chi connectivity index (χ1n) is 8.64. The molecule has 136 valence electrons. The molecular weight excluding hydrogens is 334 g/mol. The predicted molar refractivity (Wildman–Crippen MR) is 95.4 cm³/mol. The highest BCUT2D eigenvalue weighted by Gasteiger charge is 2.36. The lowest BCUT2D eigenvalue weighted by molar-refractivity contribution is -0.137. The normalized spacial score (nSPS) is 21.3. The van der Waals surface area contributed by atoms with Crippen LogP contribution in [0.3, 0.4) is 0 Å². The highest BCUT2D eigenvalue weighted by molar-refractivity contribution is 5.77. The van der Waals surface area contributed by atoms with Gasteiger partial charge in [-0.2, -0.15) is 0 Å². The highest BCUT2D eigenvalue weighted by Crippen LogP contribution is 2.36. The van der Waals surface area contributed by atoms with Crippen molar-refractivity contribution in [2.24, 2.45) is 5.92 Å². The van der Waals surface area contributed by atoms with Crippen molar-refractivity contribution in [3.05, 3.63) is 40.6 Å². The molecule has 2 N–H and O–H groups in total. The van der Waals surface area contributed by atoms with E-state index in [-0.39, 0.29) is 24.0 Å². The molecule has 0 unspecified atom stereocenters. The first-order chi connectivity index (χ1) is 12.5. The van der Waals surface area contributed by atoms with Crippen LogP contribution < -0.4 is 11.3 Å². The van der Waals surface area contributed by atoms with Crippen LogP contribution in [-0.4, -0.2) is 52.1 Å². The second-order valence-corrected chi connectivity index (χ2v) is 6.98. The number of carbonyl (C=O) groups excluding carboxylic acids is 1. The van der Waals surface area contributed by atoms with Gasteiger partial charge in [-0.1, -0.05) is 0 Å². The van der Waals surface area contributed by atoms with Crippen molar-refractivity contribution in [1.82, 2.24) is 19.4 Å². The number of methoxy groups -OCH3 is 1. The zero-order chi connectivity index (χ0) is 18.3. The molecular formula is C18H21N5O3. The molecule has 4 heterocycles. The number of carbonyl (C=O) groups is 1. The van der Waals surface area contributed by atoms with Gasteiger partial charge in [0.1, 0.15) is 18.8 Å². The molecule has 8 nitrogen and oxygen atoms in total. The SMILES string of the molecule is COCC(=O)N1C[C@@H]2C[C@H](C1)c1cc(-c3cc(N)ncn3)cc(=O)n1C2. The lowest BCUT2D eigenvalue weighted by Crippen LogP contribution is -2.50. The zero-order valence-electron chi connectivity index (χ0n) is 14.6. The molecule has 0 spiro atoms. The van der Waals surface area contributed by atoms with E-state index in [9.17, 15) is 9.59 Å². The van der Waals surface area contributed by atoms with Crippen molar-refractivity contribution in [2.45, 2.75) is 18.9 Å². The molecule has 1 amide bonds. The molecule has 2 aliphatic rings. The maximum absolute atomic E-state index is 12.7. The highest BCUT2D eigenvalue weighted by atomic mass is 16.5. The number of likely N-dealkylation sites (tertiary alicyclic amines) is 1. The summed E-state index contributed by atoms with van der Waals surface area (Å²) in [6.07, 6.45) is 2.37. The summed E-state index contributed by atoms with van der Waals surface area (Å²) in [6, 6.07) is 5.25. The number of fused-ring (bicyclic) bond motifs is 4. The summed E-state index contributed by atoms with van der Waals surface area (Å²) in [6.45, 7) is 2.00. The lowest BCUT2D eigenvalue weighted by Gasteiger charge is -2.42. The maximum atomic E-state index is 12.7. The van der Waals surface area contributed by atoms with Crippen molar-refractivity contribution in [1.29, 1.82) is 0 Å². The van der Waals surface area contributed by atoms with Crippen LogP contribution in [-0.2, 0) is 16.1 Å². The first-order valence-corrected chi connectivity index (χ1v) is 8.64. The molecule has 2 aromatic rings. The average Bonchev–Trinajstić information content (AvgIpc) is 2.62. The number of piperidine rings is 1. The van der Waals surface area contributed by atoms with E-state index < -0.39 is 0 Å². The minimum Gasteiger partial charge on any atom is -0.384 e. The van der Waals surface area contributed by atoms with Crippen molar-refractivity contribution in [3.8, 4) is 11.3 Å². The number of nitrogens with zero attached hydrogens (tertiary/aromatic N) is 4. The van der Waals surface area contributed by atoms with Crippen LogP contribution in [0.25, 0.3) is 11.3 Å². The Balaban J connectivity index is 1.71. The van der Waals surface area contributed by atoms with E-state index in [1.165, 1.54) is 13.4 Å². The van der Waals surface area contributed by atoms with Gasteiger partial charge in [0.05, 0.1) is 5.69 Å². The van der Waals surface area contributed by atoms with Crippen molar-refractivity contribution < 1.29 is 9.53 Å². The van der Waals surface area contributed by atoms with Crippen LogP contribution in [0.4, 0.5) is 5.82 Å². The number of nitrogens with two attached hydrogens (primary N) is 1. The van der Waals surface area contributed by atoms with E-state index in [1.807, 2.05) is 15.5 Å². The second-order valence-electron chi connectivity index (χ2n) is 6.98. The number of nitrogen functional groups attached to an aromatic ring is 1. The molecule has 0 aliphatic carbocycles. The Labute approximate surface area is 150 Å². The number of amides is 1. The lowest BCUT2D eigenvalue weighted by atomic mass is 9.82. The Morgan fingerprint density at radius 2 is 2.12 bits per heavy atom. The van der Waals surface area contributed by atoms with Crippen LogP contribution in [0.2, 0.25) is 0 Å². The van der Waals surface area contributed by atoms with Gasteiger partial charge in [0, 0.05) is 56.1 Å². The summed E-state index contributed by atoms with van der Waals surface area (Å²) in [4.78, 5) is 34.9. The standard InChI is InChI=1S/C18H21N5O3/c1-26-9-18(25)22-6-11-2-13(8-22)15-3-12(4-17(24)23(15)7-11)14-5-16(19)21-10-20-14/h3-5,10-11,13H,2,6-9H2,1H3,(H2,19,20,21)/t11-,13+/m0/s1. The molecule has 2 atom stereocenters. The van der Waals surface area contributed by atoms with Gasteiger partial charge in [0.25, 0.3) is 5.56 Å². The minimum absolute atomic E-state index is 0.00211. The zero-order valence-corrected chi connectivity index (χ0v) is 14.6. The molecule has 0 saturated carbocycles. The number of hydrogen-bond donors (Lipinski definition) is 1. The summed E-state index contributed by atoms with van der Waals surface area (Å²) in [5, 5.41) is 0. The Morgan fingerprint density at radius 3 is 2.88 bits per heavy atom. The van der Waals surface area contributed by atoms with E-state index in [1.54, 1.807) is 12.1 Å². The van der Waals surface area contributed by atoms with Crippen molar-refractivity contribution in [2.75, 3.05) is 32.5 Å². The number of anilines is 1. The molecule has 2 aliphatic heterocycles. The van der Waals surface area contributed by atoms with E-state index in [2.05, 4.69) is 9.97 Å². The van der Waals surface area contributed by atoms with Gasteiger partial charge in [0.2, 0.25) is 5.91 Å². The fraction of sp³-hybridized carbons (Fsp3) is 0.444. The summed E-state index contributed by atoms with van der Waals surface area (Å²) in [5.41, 5.74) is 8.01. The Bertz CT molecular complexity index is 910. The third kappa shape index (κ3) is 2.96. The largest absolute Gasteiger partial charge is 0.384 e. The van der Waals surface area contributed by atoms with Gasteiger partial charge in [0.15, 0.2) is 0 Å². The maximum Gasteiger partial charge on any atom is 0.251 e. The fourth-order valence-electron chi connectivity index (χ4n) is 4.06. The van der Waals surface area contributed by atoms with Gasteiger partial charge in [-0.3, -0.25) is 9.59 Å². The van der Waals surface area contributed by atoms with Gasteiger partial charge < -0.3 is 19.9 Å². The molecule has 0 radical (unpaired) electrons. The minimum atomic E-state index is -0.0407. The number of pyridine rings is 1. The third-order valence-corrected chi connectivity index (χ3v) is 5.16. The second kappa shape index (κ2) is 6.53. The summed E-state index contributed by atoms with van der Waals surface area (Å²) in [5.74, 6) is 0.787. The Hall–Kier alpha value is -2.74. The summed E-state index contributed by atoms with van der Waals surface area (Å²) < 4.78 is 6.82. The molecule has 8 heteroatoms. The quantitative estimate of drug-likeness (QED) is 0.859. The average molecular weight is 355 g/mol. The number of hydrogen-bond acceptors (Lipinski definition) is 6. The summed E-state index contributed by atoms with van der Waals surface area (Å²) >= 11 is 0. The van der Waals surface area contributed by atoms with E-state index >= 15 is 0 Å². The number of rotatable bonds is 3. The van der Waals surface area contributed by atoms with E-state index in [4.69, 9.17) is 10.5 Å². The molecule has 26 heavy (non-hydrogen) atoms. The van der Waals surface area contributed by atoms with Gasteiger partial charge in [-0.15, -0.1) is 0 Å². The number of ether oxygens (including phenoxy) is 1. The Morgan fingerprint density at radius 1 is 1.27 bits per heavy atom. The summed E-state index contributed by atoms with van der Waals surface area (Å²) in [7, 11) is 1.53. The fourth-order valence-corrected chi connectivity index (χ4v) is 4.06. The third-order valence-electron chi connectivity index (χ3n) is 5.16. The monoisotopic (exact) mass is 355 g/mol. The van der Waals surface area contributed by atoms with Crippen LogP contribution >= 0.6 is 0 Å². The van der Waals surface area contributed by atoms with Crippen molar-refractivity contribution in [3.63, 3.8) is 0 Å². The van der Waals surface area contributed by atoms with Gasteiger partial charge in [-0.05, 0) is 18.4 Å². The number of aromatic nitrogens is 3. The molecule has 2 aromatic heterocycles. The van der Waals surface area contributed by atoms with E-state index in [0.29, 0.717) is 37.1 Å². The van der Waals surface area contributed by atoms with Gasteiger partial charge >= 0.3 is 0 Å². The molecule has 1 saturated heterocycles. The smallest absolute Gasteiger partial charge is 0.251 e. The van der Waals surface area contributed by atoms with Crippen LogP contribution in [0.1, 0.15) is 18.0 Å². The van der Waals surface area contributed by atoms with Crippen LogP contribution in [0.15, 0.2) is 29.3 Å². The Kier molecular flexibility index (Phi) is 4.20. The molecule has 4 rings (SSSR count). The molecule has 0 aromatic carbocycles. The van der Waals surface area contributed by atoms with Gasteiger partial charge in [-0.25, -0.2) is 9.97 Å². The molecule has 1 fully saturated rings. The predicted octanol–water partition coefficient (Wildman–Crippen LogP) is 0.480. The topological polar surface area (TPSA) is 103 Å². The first kappa shape index (κ1) is 16.7. The van der Waals surface area contributed by atoms with Crippen LogP contribution in [0, 0.1) is 5.92 Å². The van der Waals surface area contributed by atoms with Crippen molar-refractivity contribution >= 4 is 11.7 Å². The van der Waals surface area contributed by atoms with E-state index in [0.717, 1.165) is 17.7 Å². The van der Waals surface area contributed by atoms with Crippen LogP contribution in [0.5, 0.6) is 0 Å². The molecule has 2 bridgehead atoms.